The van der Waals surface area contributed by atoms with Crippen LogP contribution in [0.25, 0.3) is 0 Å². The zero-order valence-electron chi connectivity index (χ0n) is 15.9. The summed E-state index contributed by atoms with van der Waals surface area (Å²) in [4.78, 5) is 27.6. The Kier molecular flexibility index (Phi) is 5.84. The van der Waals surface area contributed by atoms with Crippen molar-refractivity contribution in [2.75, 3.05) is 4.72 Å². The lowest BCUT2D eigenvalue weighted by atomic mass is 10.0. The summed E-state index contributed by atoms with van der Waals surface area (Å²) in [5.74, 6) is -1.90. The number of hydrogen-bond donors (Lipinski definition) is 3. The van der Waals surface area contributed by atoms with Gasteiger partial charge in [-0.25, -0.2) is 18.2 Å². The van der Waals surface area contributed by atoms with Gasteiger partial charge in [0.1, 0.15) is 17.1 Å². The standard InChI is InChI=1S/C21H18N2O6S/c1-13-3-2-10-22-20(13)23-30(28,29)16-7-4-14(5-8-16)11-19(25)15-6-9-18(24)17(12-15)21(26)27/h2-10,12,24H,11H2,1H3,(H,22,23)(H,26,27). The zero-order valence-corrected chi connectivity index (χ0v) is 16.7. The summed E-state index contributed by atoms with van der Waals surface area (Å²) in [5, 5.41) is 18.6. The van der Waals surface area contributed by atoms with E-state index in [0.29, 0.717) is 11.1 Å². The number of phenols is 1. The summed E-state index contributed by atoms with van der Waals surface area (Å²) < 4.78 is 27.5. The van der Waals surface area contributed by atoms with E-state index in [-0.39, 0.29) is 34.0 Å². The van der Waals surface area contributed by atoms with Gasteiger partial charge in [0.25, 0.3) is 10.0 Å². The Hall–Kier alpha value is -3.72. The van der Waals surface area contributed by atoms with Crippen LogP contribution in [0.2, 0.25) is 0 Å². The molecule has 0 radical (unpaired) electrons. The highest BCUT2D eigenvalue weighted by Crippen LogP contribution is 2.21. The van der Waals surface area contributed by atoms with Gasteiger partial charge in [0.05, 0.1) is 4.90 Å². The number of carboxylic acid groups (broad SMARTS) is 1. The van der Waals surface area contributed by atoms with E-state index in [4.69, 9.17) is 5.11 Å². The van der Waals surface area contributed by atoms with Gasteiger partial charge in [-0.3, -0.25) is 9.52 Å². The number of nitrogens with zero attached hydrogens (tertiary/aromatic N) is 1. The van der Waals surface area contributed by atoms with E-state index >= 15 is 0 Å². The van der Waals surface area contributed by atoms with Crippen molar-refractivity contribution in [3.8, 4) is 5.75 Å². The van der Waals surface area contributed by atoms with Crippen molar-refractivity contribution in [2.24, 2.45) is 0 Å². The van der Waals surface area contributed by atoms with Gasteiger partial charge < -0.3 is 10.2 Å². The lowest BCUT2D eigenvalue weighted by Crippen LogP contribution is -2.15. The lowest BCUT2D eigenvalue weighted by molar-refractivity contribution is 0.0693. The second-order valence-electron chi connectivity index (χ2n) is 6.56. The van der Waals surface area contributed by atoms with Gasteiger partial charge in [-0.15, -0.1) is 0 Å². The molecule has 0 saturated heterocycles. The third-order valence-corrected chi connectivity index (χ3v) is 5.74. The maximum atomic E-state index is 12.5. The fourth-order valence-corrected chi connectivity index (χ4v) is 3.81. The fourth-order valence-electron chi connectivity index (χ4n) is 2.73. The molecule has 0 spiro atoms. The number of benzene rings is 2. The first kappa shape index (κ1) is 21.0. The molecular formula is C21H18N2O6S. The molecule has 30 heavy (non-hydrogen) atoms. The average Bonchev–Trinajstić information content (AvgIpc) is 2.70. The number of aromatic hydroxyl groups is 1. The molecule has 0 aliphatic rings. The molecule has 3 N–H and O–H groups in total. The number of aromatic nitrogens is 1. The number of sulfonamides is 1. The molecule has 0 amide bonds. The van der Waals surface area contributed by atoms with Crippen molar-refractivity contribution in [1.29, 1.82) is 0 Å². The molecule has 0 bridgehead atoms. The second kappa shape index (κ2) is 8.34. The van der Waals surface area contributed by atoms with Crippen LogP contribution in [0.5, 0.6) is 5.75 Å². The van der Waals surface area contributed by atoms with E-state index in [2.05, 4.69) is 9.71 Å². The Morgan fingerprint density at radius 1 is 1.07 bits per heavy atom. The predicted octanol–water partition coefficient (Wildman–Crippen LogP) is 3.02. The maximum absolute atomic E-state index is 12.5. The van der Waals surface area contributed by atoms with Crippen LogP contribution in [-0.2, 0) is 16.4 Å². The molecule has 0 aliphatic carbocycles. The van der Waals surface area contributed by atoms with Gasteiger partial charge in [0, 0.05) is 18.2 Å². The minimum atomic E-state index is -3.84. The van der Waals surface area contributed by atoms with E-state index in [1.807, 2.05) is 0 Å². The number of rotatable bonds is 7. The molecular weight excluding hydrogens is 408 g/mol. The Morgan fingerprint density at radius 3 is 2.40 bits per heavy atom. The number of aryl methyl sites for hydroxylation is 1. The first-order chi connectivity index (χ1) is 14.2. The van der Waals surface area contributed by atoms with Gasteiger partial charge in [0.2, 0.25) is 0 Å². The first-order valence-corrected chi connectivity index (χ1v) is 10.3. The normalized spacial score (nSPS) is 11.1. The Balaban J connectivity index is 1.76. The van der Waals surface area contributed by atoms with Gasteiger partial charge in [-0.1, -0.05) is 18.2 Å². The molecule has 154 valence electrons. The summed E-state index contributed by atoms with van der Waals surface area (Å²) in [7, 11) is -3.84. The largest absolute Gasteiger partial charge is 0.507 e. The first-order valence-electron chi connectivity index (χ1n) is 8.80. The van der Waals surface area contributed by atoms with Crippen molar-refractivity contribution in [2.45, 2.75) is 18.2 Å². The molecule has 1 heterocycles. The summed E-state index contributed by atoms with van der Waals surface area (Å²) in [6.45, 7) is 1.73. The Bertz CT molecular complexity index is 1220. The number of carbonyl (C=O) groups excluding carboxylic acids is 1. The number of pyridine rings is 1. The summed E-state index contributed by atoms with van der Waals surface area (Å²) in [6, 6.07) is 12.8. The van der Waals surface area contributed by atoms with E-state index in [1.165, 1.54) is 36.5 Å². The molecule has 9 heteroatoms. The Labute approximate surface area is 172 Å². The number of carboxylic acids is 1. The van der Waals surface area contributed by atoms with E-state index < -0.39 is 21.7 Å². The number of hydrogen-bond acceptors (Lipinski definition) is 6. The molecule has 0 saturated carbocycles. The SMILES string of the molecule is Cc1cccnc1NS(=O)(=O)c1ccc(CC(=O)c2ccc(O)c(C(=O)O)c2)cc1. The summed E-state index contributed by atoms with van der Waals surface area (Å²) in [5.41, 5.74) is 1.00. The van der Waals surface area contributed by atoms with Crippen molar-refractivity contribution < 1.29 is 28.2 Å². The van der Waals surface area contributed by atoms with Gasteiger partial charge >= 0.3 is 5.97 Å². The molecule has 0 aliphatic heterocycles. The number of ketones is 1. The van der Waals surface area contributed by atoms with E-state index in [1.54, 1.807) is 19.1 Å². The third kappa shape index (κ3) is 4.64. The van der Waals surface area contributed by atoms with Gasteiger partial charge in [0.15, 0.2) is 5.78 Å². The Morgan fingerprint density at radius 2 is 1.77 bits per heavy atom. The van der Waals surface area contributed by atoms with Crippen molar-refractivity contribution in [3.63, 3.8) is 0 Å². The van der Waals surface area contributed by atoms with Crippen LogP contribution in [0.4, 0.5) is 5.82 Å². The number of carbonyl (C=O) groups is 2. The van der Waals surface area contributed by atoms with Crippen LogP contribution in [0.15, 0.2) is 65.7 Å². The lowest BCUT2D eigenvalue weighted by Gasteiger charge is -2.10. The zero-order chi connectivity index (χ0) is 21.9. The topological polar surface area (TPSA) is 134 Å². The highest BCUT2D eigenvalue weighted by Gasteiger charge is 2.17. The number of nitrogens with one attached hydrogen (secondary N) is 1. The molecule has 2 aromatic carbocycles. The van der Waals surface area contributed by atoms with Gasteiger partial charge in [-0.2, -0.15) is 0 Å². The predicted molar refractivity (Wildman–Crippen MR) is 109 cm³/mol. The minimum Gasteiger partial charge on any atom is -0.507 e. The number of aromatic carboxylic acids is 1. The molecule has 0 unspecified atom stereocenters. The average molecular weight is 426 g/mol. The van der Waals surface area contributed by atoms with E-state index in [9.17, 15) is 23.1 Å². The molecule has 0 atom stereocenters. The van der Waals surface area contributed by atoms with Crippen molar-refractivity contribution in [3.05, 3.63) is 83.0 Å². The summed E-state index contributed by atoms with van der Waals surface area (Å²) in [6.07, 6.45) is 1.43. The fraction of sp³-hybridized carbons (Fsp3) is 0.0952. The molecule has 1 aromatic heterocycles. The highest BCUT2D eigenvalue weighted by molar-refractivity contribution is 7.92. The van der Waals surface area contributed by atoms with Crippen molar-refractivity contribution in [1.82, 2.24) is 4.98 Å². The highest BCUT2D eigenvalue weighted by atomic mass is 32.2. The van der Waals surface area contributed by atoms with Crippen LogP contribution >= 0.6 is 0 Å². The third-order valence-electron chi connectivity index (χ3n) is 4.39. The van der Waals surface area contributed by atoms with Crippen LogP contribution in [0.1, 0.15) is 31.8 Å². The van der Waals surface area contributed by atoms with E-state index in [0.717, 1.165) is 12.1 Å². The number of anilines is 1. The second-order valence-corrected chi connectivity index (χ2v) is 8.24. The molecule has 8 nitrogen and oxygen atoms in total. The quantitative estimate of drug-likeness (QED) is 0.494. The monoisotopic (exact) mass is 426 g/mol. The molecule has 0 fully saturated rings. The smallest absolute Gasteiger partial charge is 0.339 e. The maximum Gasteiger partial charge on any atom is 0.339 e. The van der Waals surface area contributed by atoms with Crippen LogP contribution in [-0.4, -0.2) is 35.4 Å². The van der Waals surface area contributed by atoms with Crippen molar-refractivity contribution >= 4 is 27.6 Å². The number of Topliss-reactive ketones (excluding diaryl/α,β-unsaturated/α-hetero) is 1. The van der Waals surface area contributed by atoms with Crippen LogP contribution in [0.3, 0.4) is 0 Å². The van der Waals surface area contributed by atoms with Gasteiger partial charge in [-0.05, 0) is 54.4 Å². The summed E-state index contributed by atoms with van der Waals surface area (Å²) >= 11 is 0. The molecule has 3 aromatic rings. The molecule has 3 rings (SSSR count). The minimum absolute atomic E-state index is 0.0153. The van der Waals surface area contributed by atoms with Crippen LogP contribution < -0.4 is 4.72 Å². The van der Waals surface area contributed by atoms with Crippen LogP contribution in [0, 0.1) is 6.92 Å².